The number of halogens is 1. The lowest BCUT2D eigenvalue weighted by Gasteiger charge is -2.09. The minimum atomic E-state index is -0.958. The Hall–Kier alpha value is -1.58. The summed E-state index contributed by atoms with van der Waals surface area (Å²) in [6.07, 6.45) is 0.127. The molecule has 0 heterocycles. The summed E-state index contributed by atoms with van der Waals surface area (Å²) in [4.78, 5) is 10.6. The standard InChI is InChI=1S/C11H13FO3/c1-6-3-8(4-7(2)11(14)15)9(12)5-10(6)13/h3,5,7,13H,4H2,1-2H3,(H,14,15). The SMILES string of the molecule is Cc1cc(CC(C)C(=O)O)c(F)cc1O. The molecule has 2 N–H and O–H groups in total. The van der Waals surface area contributed by atoms with Crippen LogP contribution in [0.15, 0.2) is 12.1 Å². The Morgan fingerprint density at radius 2 is 2.13 bits per heavy atom. The van der Waals surface area contributed by atoms with Gasteiger partial charge in [0.1, 0.15) is 11.6 Å². The van der Waals surface area contributed by atoms with Crippen molar-refractivity contribution in [3.05, 3.63) is 29.1 Å². The second kappa shape index (κ2) is 4.29. The Morgan fingerprint density at radius 3 is 2.67 bits per heavy atom. The zero-order valence-electron chi connectivity index (χ0n) is 8.62. The van der Waals surface area contributed by atoms with E-state index < -0.39 is 17.7 Å². The molecule has 0 aliphatic rings. The topological polar surface area (TPSA) is 57.5 Å². The predicted octanol–water partition coefficient (Wildman–Crippen LogP) is 2.10. The molecule has 0 aliphatic carbocycles. The molecule has 0 fully saturated rings. The van der Waals surface area contributed by atoms with Gasteiger partial charge in [-0.2, -0.15) is 0 Å². The average molecular weight is 212 g/mol. The highest BCUT2D eigenvalue weighted by Gasteiger charge is 2.15. The van der Waals surface area contributed by atoms with Crippen molar-refractivity contribution in [1.82, 2.24) is 0 Å². The van der Waals surface area contributed by atoms with E-state index in [1.54, 1.807) is 6.92 Å². The van der Waals surface area contributed by atoms with E-state index in [0.29, 0.717) is 11.1 Å². The van der Waals surface area contributed by atoms with Gasteiger partial charge in [-0.1, -0.05) is 6.92 Å². The lowest BCUT2D eigenvalue weighted by molar-refractivity contribution is -0.141. The number of carboxylic acid groups (broad SMARTS) is 1. The largest absolute Gasteiger partial charge is 0.508 e. The quantitative estimate of drug-likeness (QED) is 0.806. The molecule has 1 atom stereocenters. The van der Waals surface area contributed by atoms with Crippen molar-refractivity contribution in [3.63, 3.8) is 0 Å². The molecule has 82 valence electrons. The van der Waals surface area contributed by atoms with E-state index in [2.05, 4.69) is 0 Å². The van der Waals surface area contributed by atoms with Crippen LogP contribution in [-0.4, -0.2) is 16.2 Å². The number of phenolic OH excluding ortho intramolecular Hbond substituents is 1. The van der Waals surface area contributed by atoms with E-state index in [-0.39, 0.29) is 12.2 Å². The van der Waals surface area contributed by atoms with Crippen LogP contribution < -0.4 is 0 Å². The van der Waals surface area contributed by atoms with E-state index in [0.717, 1.165) is 6.07 Å². The van der Waals surface area contributed by atoms with Gasteiger partial charge in [0, 0.05) is 6.07 Å². The van der Waals surface area contributed by atoms with Gasteiger partial charge in [0.15, 0.2) is 0 Å². The Balaban J connectivity index is 2.95. The lowest BCUT2D eigenvalue weighted by atomic mass is 9.99. The Bertz CT molecular complexity index is 388. The third-order valence-electron chi connectivity index (χ3n) is 2.31. The van der Waals surface area contributed by atoms with Crippen LogP contribution in [0.4, 0.5) is 4.39 Å². The van der Waals surface area contributed by atoms with Gasteiger partial charge in [0.25, 0.3) is 0 Å². The van der Waals surface area contributed by atoms with Crippen molar-refractivity contribution in [3.8, 4) is 5.75 Å². The van der Waals surface area contributed by atoms with Gasteiger partial charge in [0.2, 0.25) is 0 Å². The number of hydrogen-bond donors (Lipinski definition) is 2. The number of phenols is 1. The van der Waals surface area contributed by atoms with E-state index >= 15 is 0 Å². The third-order valence-corrected chi connectivity index (χ3v) is 2.31. The highest BCUT2D eigenvalue weighted by Crippen LogP contribution is 2.22. The molecule has 0 spiro atoms. The van der Waals surface area contributed by atoms with Gasteiger partial charge in [0.05, 0.1) is 5.92 Å². The molecule has 0 radical (unpaired) electrons. The Labute approximate surface area is 87.2 Å². The zero-order valence-corrected chi connectivity index (χ0v) is 8.62. The minimum Gasteiger partial charge on any atom is -0.508 e. The summed E-state index contributed by atoms with van der Waals surface area (Å²) >= 11 is 0. The van der Waals surface area contributed by atoms with Crippen molar-refractivity contribution >= 4 is 5.97 Å². The first kappa shape index (κ1) is 11.5. The highest BCUT2D eigenvalue weighted by molar-refractivity contribution is 5.69. The zero-order chi connectivity index (χ0) is 11.6. The fraction of sp³-hybridized carbons (Fsp3) is 0.364. The van der Waals surface area contributed by atoms with Crippen LogP contribution in [0.1, 0.15) is 18.1 Å². The maximum atomic E-state index is 13.3. The highest BCUT2D eigenvalue weighted by atomic mass is 19.1. The first-order chi connectivity index (χ1) is 6.91. The van der Waals surface area contributed by atoms with Gasteiger partial charge in [-0.3, -0.25) is 4.79 Å². The fourth-order valence-electron chi connectivity index (χ4n) is 1.30. The predicted molar refractivity (Wildman–Crippen MR) is 53.3 cm³/mol. The molecule has 1 rings (SSSR count). The average Bonchev–Trinajstić information content (AvgIpc) is 2.13. The number of benzene rings is 1. The number of carbonyl (C=O) groups is 1. The molecule has 0 saturated heterocycles. The van der Waals surface area contributed by atoms with Gasteiger partial charge < -0.3 is 10.2 Å². The molecule has 1 aromatic rings. The summed E-state index contributed by atoms with van der Waals surface area (Å²) in [5.74, 6) is -2.27. The van der Waals surface area contributed by atoms with Gasteiger partial charge in [-0.05, 0) is 30.5 Å². The molecule has 0 bridgehead atoms. The molecule has 1 unspecified atom stereocenters. The van der Waals surface area contributed by atoms with Gasteiger partial charge in [-0.25, -0.2) is 4.39 Å². The number of hydrogen-bond acceptors (Lipinski definition) is 2. The summed E-state index contributed by atoms with van der Waals surface area (Å²) in [5.41, 5.74) is 0.865. The maximum Gasteiger partial charge on any atom is 0.306 e. The normalized spacial score (nSPS) is 12.5. The number of carboxylic acids is 1. The number of aromatic hydroxyl groups is 1. The summed E-state index contributed by atoms with van der Waals surface area (Å²) < 4.78 is 13.3. The van der Waals surface area contributed by atoms with Crippen LogP contribution in [0.25, 0.3) is 0 Å². The summed E-state index contributed by atoms with van der Waals surface area (Å²) in [6.45, 7) is 3.16. The molecule has 4 heteroatoms. The van der Waals surface area contributed by atoms with E-state index in [9.17, 15) is 14.3 Å². The van der Waals surface area contributed by atoms with Crippen LogP contribution in [0.3, 0.4) is 0 Å². The van der Waals surface area contributed by atoms with Gasteiger partial charge in [-0.15, -0.1) is 0 Å². The Morgan fingerprint density at radius 1 is 1.53 bits per heavy atom. The molecule has 1 aromatic carbocycles. The van der Waals surface area contributed by atoms with Crippen molar-refractivity contribution < 1.29 is 19.4 Å². The van der Waals surface area contributed by atoms with Crippen LogP contribution in [-0.2, 0) is 11.2 Å². The van der Waals surface area contributed by atoms with E-state index in [1.165, 1.54) is 13.0 Å². The number of aryl methyl sites for hydroxylation is 1. The van der Waals surface area contributed by atoms with Crippen molar-refractivity contribution in [2.75, 3.05) is 0 Å². The molecule has 0 aliphatic heterocycles. The first-order valence-corrected chi connectivity index (χ1v) is 4.62. The fourth-order valence-corrected chi connectivity index (χ4v) is 1.30. The molecule has 0 aromatic heterocycles. The smallest absolute Gasteiger partial charge is 0.306 e. The van der Waals surface area contributed by atoms with E-state index in [4.69, 9.17) is 5.11 Å². The molecular formula is C11H13FO3. The third kappa shape index (κ3) is 2.68. The minimum absolute atomic E-state index is 0.112. The van der Waals surface area contributed by atoms with Crippen LogP contribution in [0.5, 0.6) is 5.75 Å². The summed E-state index contributed by atoms with van der Waals surface area (Å²) in [5, 5.41) is 17.9. The Kier molecular flexibility index (Phi) is 3.29. The van der Waals surface area contributed by atoms with E-state index in [1.807, 2.05) is 0 Å². The first-order valence-electron chi connectivity index (χ1n) is 4.62. The lowest BCUT2D eigenvalue weighted by Crippen LogP contribution is -2.13. The van der Waals surface area contributed by atoms with Gasteiger partial charge >= 0.3 is 5.97 Å². The van der Waals surface area contributed by atoms with Crippen molar-refractivity contribution in [2.45, 2.75) is 20.3 Å². The maximum absolute atomic E-state index is 13.3. The summed E-state index contributed by atoms with van der Waals surface area (Å²) in [7, 11) is 0. The van der Waals surface area contributed by atoms with Crippen molar-refractivity contribution in [2.24, 2.45) is 5.92 Å². The molecule has 0 amide bonds. The second-order valence-corrected chi connectivity index (χ2v) is 3.67. The summed E-state index contributed by atoms with van der Waals surface area (Å²) in [6, 6.07) is 2.49. The van der Waals surface area contributed by atoms with Crippen LogP contribution in [0.2, 0.25) is 0 Å². The second-order valence-electron chi connectivity index (χ2n) is 3.67. The van der Waals surface area contributed by atoms with Crippen LogP contribution in [0, 0.1) is 18.7 Å². The molecule has 3 nitrogen and oxygen atoms in total. The molecule has 0 saturated carbocycles. The number of aliphatic carboxylic acids is 1. The number of rotatable bonds is 3. The van der Waals surface area contributed by atoms with Crippen molar-refractivity contribution in [1.29, 1.82) is 0 Å². The molecule has 15 heavy (non-hydrogen) atoms. The van der Waals surface area contributed by atoms with Crippen LogP contribution >= 0.6 is 0 Å². The monoisotopic (exact) mass is 212 g/mol. The molecular weight excluding hydrogens is 199 g/mol.